The second-order valence-corrected chi connectivity index (χ2v) is 3.13. The average Bonchev–Trinajstić information content (AvgIpc) is 2.21. The molecule has 4 heteroatoms. The number of pyridine rings is 1. The van der Waals surface area contributed by atoms with Gasteiger partial charge in [-0.2, -0.15) is 0 Å². The molecule has 1 heterocycles. The molecule has 0 fully saturated rings. The molecule has 0 radical (unpaired) electrons. The summed E-state index contributed by atoms with van der Waals surface area (Å²) in [5, 5.41) is 0. The number of nitrogens with zero attached hydrogens (tertiary/aromatic N) is 1. The molecular weight excluding hydrogens is 183 g/mol. The molecule has 1 rings (SSSR count). The summed E-state index contributed by atoms with van der Waals surface area (Å²) >= 11 is 0. The molecule has 0 aromatic carbocycles. The van der Waals surface area contributed by atoms with Gasteiger partial charge in [0.25, 0.3) is 5.88 Å². The molecule has 1 aromatic heterocycles. The quantitative estimate of drug-likeness (QED) is 0.803. The second-order valence-electron chi connectivity index (χ2n) is 3.13. The fraction of sp³-hybridized carbons (Fsp3) is 0.500. The van der Waals surface area contributed by atoms with Crippen molar-refractivity contribution in [2.45, 2.75) is 32.9 Å². The predicted octanol–water partition coefficient (Wildman–Crippen LogP) is 1.86. The van der Waals surface area contributed by atoms with Crippen LogP contribution in [0, 0.1) is 5.82 Å². The summed E-state index contributed by atoms with van der Waals surface area (Å²) in [6.07, 6.45) is 2.28. The lowest BCUT2D eigenvalue weighted by Gasteiger charge is -2.12. The lowest BCUT2D eigenvalue weighted by molar-refractivity contribution is 0.198. The third-order valence-corrected chi connectivity index (χ3v) is 2.04. The van der Waals surface area contributed by atoms with Crippen LogP contribution < -0.4 is 10.5 Å². The molecule has 0 aliphatic heterocycles. The fourth-order valence-electron chi connectivity index (χ4n) is 0.976. The molecule has 0 saturated carbocycles. The third-order valence-electron chi connectivity index (χ3n) is 2.04. The van der Waals surface area contributed by atoms with E-state index in [1.165, 1.54) is 6.20 Å². The van der Waals surface area contributed by atoms with E-state index in [2.05, 4.69) is 4.98 Å². The number of hydrogen-bond donors (Lipinski definition) is 1. The van der Waals surface area contributed by atoms with Crippen LogP contribution in [0.25, 0.3) is 0 Å². The standard InChI is InChI=1S/C10H15FN2O/c1-3-7(2)14-10-9(11)8(6-12)4-5-13-10/h4-5,7H,3,6,12H2,1-2H3. The van der Waals surface area contributed by atoms with E-state index in [1.807, 2.05) is 13.8 Å². The first-order valence-electron chi connectivity index (χ1n) is 4.69. The van der Waals surface area contributed by atoms with Gasteiger partial charge in [-0.15, -0.1) is 0 Å². The Kier molecular flexibility index (Phi) is 3.83. The minimum absolute atomic E-state index is 0.0370. The van der Waals surface area contributed by atoms with Crippen molar-refractivity contribution in [3.63, 3.8) is 0 Å². The number of ether oxygens (including phenoxy) is 1. The van der Waals surface area contributed by atoms with Crippen molar-refractivity contribution in [3.05, 3.63) is 23.6 Å². The van der Waals surface area contributed by atoms with Gasteiger partial charge in [-0.05, 0) is 19.4 Å². The van der Waals surface area contributed by atoms with Gasteiger partial charge in [-0.25, -0.2) is 9.37 Å². The van der Waals surface area contributed by atoms with Crippen LogP contribution in [0.1, 0.15) is 25.8 Å². The Hall–Kier alpha value is -1.16. The Morgan fingerprint density at radius 3 is 2.93 bits per heavy atom. The molecular formula is C10H15FN2O. The average molecular weight is 198 g/mol. The number of hydrogen-bond acceptors (Lipinski definition) is 3. The van der Waals surface area contributed by atoms with Crippen LogP contribution in [0.4, 0.5) is 4.39 Å². The summed E-state index contributed by atoms with van der Waals surface area (Å²) < 4.78 is 18.8. The Bertz CT molecular complexity index is 304. The topological polar surface area (TPSA) is 48.1 Å². The molecule has 1 unspecified atom stereocenters. The summed E-state index contributed by atoms with van der Waals surface area (Å²) in [7, 11) is 0. The second kappa shape index (κ2) is 4.91. The highest BCUT2D eigenvalue weighted by atomic mass is 19.1. The number of aromatic nitrogens is 1. The first-order chi connectivity index (χ1) is 6.69. The monoisotopic (exact) mass is 198 g/mol. The maximum atomic E-state index is 13.5. The molecule has 3 nitrogen and oxygen atoms in total. The third kappa shape index (κ3) is 2.42. The normalized spacial score (nSPS) is 12.6. The Morgan fingerprint density at radius 2 is 2.36 bits per heavy atom. The van der Waals surface area contributed by atoms with Gasteiger partial charge in [0, 0.05) is 18.3 Å². The minimum Gasteiger partial charge on any atom is -0.473 e. The largest absolute Gasteiger partial charge is 0.473 e. The van der Waals surface area contributed by atoms with E-state index in [0.717, 1.165) is 6.42 Å². The van der Waals surface area contributed by atoms with E-state index in [-0.39, 0.29) is 18.5 Å². The molecule has 0 aliphatic carbocycles. The molecule has 1 aromatic rings. The highest BCUT2D eigenvalue weighted by molar-refractivity contribution is 5.23. The SMILES string of the molecule is CCC(C)Oc1nccc(CN)c1F. The minimum atomic E-state index is -0.449. The van der Waals surface area contributed by atoms with Gasteiger partial charge in [0.1, 0.15) is 0 Å². The molecule has 0 bridgehead atoms. The molecule has 2 N–H and O–H groups in total. The summed E-state index contributed by atoms with van der Waals surface area (Å²) in [6, 6.07) is 1.55. The van der Waals surface area contributed by atoms with E-state index in [9.17, 15) is 4.39 Å². The fourth-order valence-corrected chi connectivity index (χ4v) is 0.976. The molecule has 0 saturated heterocycles. The van der Waals surface area contributed by atoms with Crippen molar-refractivity contribution in [2.24, 2.45) is 5.73 Å². The van der Waals surface area contributed by atoms with Crippen LogP contribution in [0.5, 0.6) is 5.88 Å². The molecule has 1 atom stereocenters. The van der Waals surface area contributed by atoms with E-state index in [1.54, 1.807) is 6.07 Å². The molecule has 0 aliphatic rings. The van der Waals surface area contributed by atoms with Gasteiger partial charge >= 0.3 is 0 Å². The maximum Gasteiger partial charge on any atom is 0.250 e. The van der Waals surface area contributed by atoms with Crippen LogP contribution in [-0.2, 0) is 6.54 Å². The van der Waals surface area contributed by atoms with Crippen LogP contribution in [0.2, 0.25) is 0 Å². The van der Waals surface area contributed by atoms with E-state index >= 15 is 0 Å². The summed E-state index contributed by atoms with van der Waals surface area (Å²) in [5.41, 5.74) is 5.79. The number of halogens is 1. The van der Waals surface area contributed by atoms with E-state index in [4.69, 9.17) is 10.5 Å². The Morgan fingerprint density at radius 1 is 1.64 bits per heavy atom. The van der Waals surface area contributed by atoms with Gasteiger partial charge in [-0.3, -0.25) is 0 Å². The molecule has 0 spiro atoms. The van der Waals surface area contributed by atoms with Crippen molar-refractivity contribution in [1.29, 1.82) is 0 Å². The van der Waals surface area contributed by atoms with Crippen LogP contribution in [-0.4, -0.2) is 11.1 Å². The van der Waals surface area contributed by atoms with E-state index < -0.39 is 5.82 Å². The van der Waals surface area contributed by atoms with Crippen molar-refractivity contribution >= 4 is 0 Å². The van der Waals surface area contributed by atoms with Gasteiger partial charge in [0.15, 0.2) is 5.82 Å². The van der Waals surface area contributed by atoms with Gasteiger partial charge < -0.3 is 10.5 Å². The maximum absolute atomic E-state index is 13.5. The van der Waals surface area contributed by atoms with Crippen LogP contribution in [0.15, 0.2) is 12.3 Å². The summed E-state index contributed by atoms with van der Waals surface area (Å²) in [4.78, 5) is 3.82. The smallest absolute Gasteiger partial charge is 0.250 e. The number of nitrogens with two attached hydrogens (primary N) is 1. The molecule has 78 valence electrons. The zero-order valence-electron chi connectivity index (χ0n) is 8.46. The van der Waals surface area contributed by atoms with Crippen molar-refractivity contribution in [1.82, 2.24) is 4.98 Å². The first kappa shape index (κ1) is 10.9. The van der Waals surface area contributed by atoms with Gasteiger partial charge in [-0.1, -0.05) is 6.92 Å². The lowest BCUT2D eigenvalue weighted by Crippen LogP contribution is -2.13. The van der Waals surface area contributed by atoms with Crippen molar-refractivity contribution < 1.29 is 9.13 Å². The summed E-state index contributed by atoms with van der Waals surface area (Å²) in [5.74, 6) is -0.405. The zero-order valence-corrected chi connectivity index (χ0v) is 8.46. The predicted molar refractivity (Wildman–Crippen MR) is 52.5 cm³/mol. The van der Waals surface area contributed by atoms with Crippen molar-refractivity contribution in [3.8, 4) is 5.88 Å². The lowest BCUT2D eigenvalue weighted by atomic mass is 10.2. The first-order valence-corrected chi connectivity index (χ1v) is 4.69. The summed E-state index contributed by atoms with van der Waals surface area (Å²) in [6.45, 7) is 4.00. The molecule has 14 heavy (non-hydrogen) atoms. The number of rotatable bonds is 4. The Labute approximate surface area is 83.1 Å². The Balaban J connectivity index is 2.86. The van der Waals surface area contributed by atoms with Crippen LogP contribution in [0.3, 0.4) is 0 Å². The van der Waals surface area contributed by atoms with Gasteiger partial charge in [0.2, 0.25) is 0 Å². The highest BCUT2D eigenvalue weighted by Gasteiger charge is 2.11. The van der Waals surface area contributed by atoms with Gasteiger partial charge in [0.05, 0.1) is 6.10 Å². The van der Waals surface area contributed by atoms with Crippen LogP contribution >= 0.6 is 0 Å². The zero-order chi connectivity index (χ0) is 10.6. The van der Waals surface area contributed by atoms with Crippen molar-refractivity contribution in [2.75, 3.05) is 0 Å². The molecule has 0 amide bonds. The van der Waals surface area contributed by atoms with E-state index in [0.29, 0.717) is 5.56 Å². The highest BCUT2D eigenvalue weighted by Crippen LogP contribution is 2.18.